The summed E-state index contributed by atoms with van der Waals surface area (Å²) in [6, 6.07) is 19.7. The van der Waals surface area contributed by atoms with E-state index in [0.29, 0.717) is 18.2 Å². The van der Waals surface area contributed by atoms with Crippen LogP contribution in [0.4, 0.5) is 11.6 Å². The van der Waals surface area contributed by atoms with Gasteiger partial charge in [-0.15, -0.1) is 10.2 Å². The van der Waals surface area contributed by atoms with E-state index in [4.69, 9.17) is 0 Å². The summed E-state index contributed by atoms with van der Waals surface area (Å²) in [7, 11) is 0. The van der Waals surface area contributed by atoms with Gasteiger partial charge in [0.25, 0.3) is 0 Å². The molecule has 6 heteroatoms. The molecular formula is C22H21N5O. The SMILES string of the molecule is Cc1ccccc1CNc1ccc(NC(=O)Cc2c[nH]c3ccccc23)nn1. The Bertz CT molecular complexity index is 1100. The second-order valence-corrected chi connectivity index (χ2v) is 6.67. The monoisotopic (exact) mass is 371 g/mol. The number of hydrogen-bond acceptors (Lipinski definition) is 4. The molecule has 3 N–H and O–H groups in total. The fraction of sp³-hybridized carbons (Fsp3) is 0.136. The van der Waals surface area contributed by atoms with E-state index < -0.39 is 0 Å². The minimum absolute atomic E-state index is 0.125. The van der Waals surface area contributed by atoms with Crippen molar-refractivity contribution >= 4 is 28.4 Å². The Kier molecular flexibility index (Phi) is 5.01. The van der Waals surface area contributed by atoms with Crippen LogP contribution in [0, 0.1) is 6.92 Å². The second-order valence-electron chi connectivity index (χ2n) is 6.67. The third kappa shape index (κ3) is 4.01. The first-order chi connectivity index (χ1) is 13.7. The molecule has 4 rings (SSSR count). The molecule has 4 aromatic rings. The Hall–Kier alpha value is -3.67. The number of aromatic amines is 1. The van der Waals surface area contributed by atoms with Crippen molar-refractivity contribution in [3.63, 3.8) is 0 Å². The average Bonchev–Trinajstić information content (AvgIpc) is 3.11. The molecule has 6 nitrogen and oxygen atoms in total. The van der Waals surface area contributed by atoms with Crippen LogP contribution in [0.1, 0.15) is 16.7 Å². The minimum Gasteiger partial charge on any atom is -0.364 e. The molecule has 0 saturated heterocycles. The summed E-state index contributed by atoms with van der Waals surface area (Å²) in [6.07, 6.45) is 2.15. The van der Waals surface area contributed by atoms with E-state index in [9.17, 15) is 4.79 Å². The van der Waals surface area contributed by atoms with Crippen LogP contribution >= 0.6 is 0 Å². The van der Waals surface area contributed by atoms with Gasteiger partial charge in [0.1, 0.15) is 5.82 Å². The molecule has 2 aromatic heterocycles. The molecule has 0 aliphatic heterocycles. The van der Waals surface area contributed by atoms with Crippen LogP contribution in [-0.2, 0) is 17.8 Å². The Morgan fingerprint density at radius 2 is 1.68 bits per heavy atom. The zero-order valence-electron chi connectivity index (χ0n) is 15.6. The summed E-state index contributed by atoms with van der Waals surface area (Å²) < 4.78 is 0. The van der Waals surface area contributed by atoms with Crippen LogP contribution < -0.4 is 10.6 Å². The maximum absolute atomic E-state index is 12.3. The number of para-hydroxylation sites is 1. The average molecular weight is 371 g/mol. The molecule has 0 atom stereocenters. The normalized spacial score (nSPS) is 10.8. The molecule has 0 saturated carbocycles. The van der Waals surface area contributed by atoms with Crippen molar-refractivity contribution < 1.29 is 4.79 Å². The van der Waals surface area contributed by atoms with Gasteiger partial charge in [-0.25, -0.2) is 0 Å². The molecule has 2 aromatic carbocycles. The number of amides is 1. The molecule has 0 bridgehead atoms. The van der Waals surface area contributed by atoms with Gasteiger partial charge in [0.2, 0.25) is 5.91 Å². The van der Waals surface area contributed by atoms with E-state index >= 15 is 0 Å². The Morgan fingerprint density at radius 3 is 2.50 bits per heavy atom. The number of benzene rings is 2. The van der Waals surface area contributed by atoms with Gasteiger partial charge in [-0.1, -0.05) is 42.5 Å². The second kappa shape index (κ2) is 7.92. The lowest BCUT2D eigenvalue weighted by Gasteiger charge is -2.08. The zero-order valence-corrected chi connectivity index (χ0v) is 15.6. The number of anilines is 2. The molecular weight excluding hydrogens is 350 g/mol. The largest absolute Gasteiger partial charge is 0.364 e. The predicted octanol–water partition coefficient (Wildman–Crippen LogP) is 4.06. The van der Waals surface area contributed by atoms with E-state index in [-0.39, 0.29) is 12.3 Å². The van der Waals surface area contributed by atoms with E-state index in [1.54, 1.807) is 6.07 Å². The van der Waals surface area contributed by atoms with Crippen LogP contribution in [0.2, 0.25) is 0 Å². The third-order valence-corrected chi connectivity index (χ3v) is 4.68. The van der Waals surface area contributed by atoms with Crippen molar-refractivity contribution in [3.8, 4) is 0 Å². The highest BCUT2D eigenvalue weighted by Crippen LogP contribution is 2.18. The van der Waals surface area contributed by atoms with Crippen molar-refractivity contribution in [1.29, 1.82) is 0 Å². The third-order valence-electron chi connectivity index (χ3n) is 4.68. The summed E-state index contributed by atoms with van der Waals surface area (Å²) in [5, 5.41) is 15.3. The topological polar surface area (TPSA) is 82.7 Å². The minimum atomic E-state index is -0.125. The van der Waals surface area contributed by atoms with Crippen molar-refractivity contribution in [3.05, 3.63) is 83.6 Å². The number of hydrogen-bond donors (Lipinski definition) is 3. The first-order valence-electron chi connectivity index (χ1n) is 9.16. The van der Waals surface area contributed by atoms with E-state index in [1.165, 1.54) is 11.1 Å². The highest BCUT2D eigenvalue weighted by molar-refractivity contribution is 5.95. The summed E-state index contributed by atoms with van der Waals surface area (Å²) in [6.45, 7) is 2.75. The number of nitrogens with one attached hydrogen (secondary N) is 3. The Balaban J connectivity index is 1.35. The molecule has 140 valence electrons. The summed E-state index contributed by atoms with van der Waals surface area (Å²) in [5.41, 5.74) is 4.41. The van der Waals surface area contributed by atoms with Gasteiger partial charge in [-0.05, 0) is 41.8 Å². The van der Waals surface area contributed by atoms with Crippen molar-refractivity contribution in [1.82, 2.24) is 15.2 Å². The number of rotatable bonds is 6. The lowest BCUT2D eigenvalue weighted by atomic mass is 10.1. The number of nitrogens with zero attached hydrogens (tertiary/aromatic N) is 2. The van der Waals surface area contributed by atoms with Crippen LogP contribution in [0.15, 0.2) is 66.9 Å². The maximum Gasteiger partial charge on any atom is 0.230 e. The number of H-pyrrole nitrogens is 1. The molecule has 28 heavy (non-hydrogen) atoms. The van der Waals surface area contributed by atoms with Crippen LogP contribution in [-0.4, -0.2) is 21.1 Å². The summed E-state index contributed by atoms with van der Waals surface area (Å²) in [4.78, 5) is 15.5. The molecule has 0 unspecified atom stereocenters. The number of carbonyl (C=O) groups excluding carboxylic acids is 1. The van der Waals surface area contributed by atoms with Gasteiger partial charge in [0, 0.05) is 23.6 Å². The summed E-state index contributed by atoms with van der Waals surface area (Å²) >= 11 is 0. The van der Waals surface area contributed by atoms with E-state index in [0.717, 1.165) is 16.5 Å². The highest BCUT2D eigenvalue weighted by Gasteiger charge is 2.10. The van der Waals surface area contributed by atoms with E-state index in [2.05, 4.69) is 44.9 Å². The Morgan fingerprint density at radius 1 is 0.929 bits per heavy atom. The standard InChI is InChI=1S/C22H21N5O/c1-15-6-2-3-7-16(15)13-24-20-10-11-21(27-26-20)25-22(28)12-17-14-23-19-9-5-4-8-18(17)19/h2-11,14,23H,12-13H2,1H3,(H,24,26)(H,25,27,28). The number of carbonyl (C=O) groups is 1. The van der Waals surface area contributed by atoms with Crippen molar-refractivity contribution in [2.75, 3.05) is 10.6 Å². The maximum atomic E-state index is 12.3. The highest BCUT2D eigenvalue weighted by atomic mass is 16.1. The van der Waals surface area contributed by atoms with Gasteiger partial charge in [0.05, 0.1) is 6.42 Å². The fourth-order valence-electron chi connectivity index (χ4n) is 3.13. The van der Waals surface area contributed by atoms with Crippen LogP contribution in [0.5, 0.6) is 0 Å². The lowest BCUT2D eigenvalue weighted by molar-refractivity contribution is -0.115. The van der Waals surface area contributed by atoms with Gasteiger partial charge < -0.3 is 15.6 Å². The molecule has 1 amide bonds. The van der Waals surface area contributed by atoms with Gasteiger partial charge >= 0.3 is 0 Å². The smallest absolute Gasteiger partial charge is 0.230 e. The van der Waals surface area contributed by atoms with Crippen molar-refractivity contribution in [2.24, 2.45) is 0 Å². The summed E-state index contributed by atoms with van der Waals surface area (Å²) in [5.74, 6) is 0.976. The predicted molar refractivity (Wildman–Crippen MR) is 111 cm³/mol. The fourth-order valence-corrected chi connectivity index (χ4v) is 3.13. The zero-order chi connectivity index (χ0) is 19.3. The quantitative estimate of drug-likeness (QED) is 0.477. The molecule has 0 aliphatic rings. The van der Waals surface area contributed by atoms with Crippen LogP contribution in [0.25, 0.3) is 10.9 Å². The van der Waals surface area contributed by atoms with Crippen LogP contribution in [0.3, 0.4) is 0 Å². The first kappa shape index (κ1) is 17.7. The number of aryl methyl sites for hydroxylation is 1. The number of aromatic nitrogens is 3. The molecule has 0 aliphatic carbocycles. The molecule has 0 fully saturated rings. The van der Waals surface area contributed by atoms with Crippen molar-refractivity contribution in [2.45, 2.75) is 19.9 Å². The van der Waals surface area contributed by atoms with Gasteiger partial charge in [-0.3, -0.25) is 4.79 Å². The van der Waals surface area contributed by atoms with Gasteiger partial charge in [-0.2, -0.15) is 0 Å². The molecule has 0 spiro atoms. The lowest BCUT2D eigenvalue weighted by Crippen LogP contribution is -2.15. The molecule has 2 heterocycles. The Labute approximate surface area is 163 Å². The first-order valence-corrected chi connectivity index (χ1v) is 9.16. The van der Waals surface area contributed by atoms with E-state index in [1.807, 2.05) is 48.7 Å². The number of fused-ring (bicyclic) bond motifs is 1. The molecule has 0 radical (unpaired) electrons. The van der Waals surface area contributed by atoms with Gasteiger partial charge in [0.15, 0.2) is 5.82 Å².